The highest BCUT2D eigenvalue weighted by Gasteiger charge is 2.52. The number of hydrogen-bond donors (Lipinski definition) is 2. The van der Waals surface area contributed by atoms with Crippen LogP contribution >= 0.6 is 27.3 Å². The molecule has 1 aromatic carbocycles. The Bertz CT molecular complexity index is 1520. The second kappa shape index (κ2) is 14.5. The summed E-state index contributed by atoms with van der Waals surface area (Å²) in [5.74, 6) is -5.14. The summed E-state index contributed by atoms with van der Waals surface area (Å²) < 4.78 is 86.2. The van der Waals surface area contributed by atoms with Crippen molar-refractivity contribution < 1.29 is 50.5 Å². The van der Waals surface area contributed by atoms with Crippen molar-refractivity contribution in [3.63, 3.8) is 0 Å². The Balaban J connectivity index is 2.06. The number of anilines is 1. The van der Waals surface area contributed by atoms with Crippen LogP contribution in [0.4, 0.5) is 32.4 Å². The summed E-state index contributed by atoms with van der Waals surface area (Å²) in [5, 5.41) is 8.05. The van der Waals surface area contributed by atoms with Gasteiger partial charge in [0.2, 0.25) is 0 Å². The Hall–Kier alpha value is -3.50. The monoisotopic (exact) mass is 737 g/mol. The number of nitrogens with zero attached hydrogens (tertiary/aromatic N) is 1. The molecule has 0 bridgehead atoms. The smallest absolute Gasteiger partial charge is 0.414 e. The molecule has 2 amide bonds. The van der Waals surface area contributed by atoms with Gasteiger partial charge in [0.1, 0.15) is 11.8 Å². The lowest BCUT2D eigenvalue weighted by atomic mass is 9.84. The molecule has 0 spiro atoms. The Morgan fingerprint density at radius 3 is 2.43 bits per heavy atom. The van der Waals surface area contributed by atoms with Crippen molar-refractivity contribution in [1.29, 1.82) is 0 Å². The van der Waals surface area contributed by atoms with E-state index in [0.717, 1.165) is 22.3 Å². The SMILES string of the molecule is CCOC(=O)C1=C(C(F)(F)F)C(CNC(c2cscc2C(=O)Nc2cccc(OC)c2F)N(C)C(=O)OC(C)(C)C)C(F)(Br)C=C1. The maximum Gasteiger partial charge on any atom is 0.414 e. The van der Waals surface area contributed by atoms with E-state index in [2.05, 4.69) is 26.6 Å². The average molecular weight is 739 g/mol. The van der Waals surface area contributed by atoms with Crippen LogP contribution in [-0.2, 0) is 14.3 Å². The Morgan fingerprint density at radius 1 is 1.17 bits per heavy atom. The molecule has 0 saturated heterocycles. The van der Waals surface area contributed by atoms with Crippen LogP contribution in [0, 0.1) is 11.7 Å². The van der Waals surface area contributed by atoms with E-state index >= 15 is 4.39 Å². The number of benzene rings is 1. The van der Waals surface area contributed by atoms with Gasteiger partial charge in [-0.25, -0.2) is 18.4 Å². The molecule has 1 aromatic heterocycles. The second-order valence-corrected chi connectivity index (χ2v) is 13.0. The zero-order chi connectivity index (χ0) is 34.6. The molecule has 1 aliphatic rings. The highest BCUT2D eigenvalue weighted by molar-refractivity contribution is 9.10. The minimum Gasteiger partial charge on any atom is -0.494 e. The van der Waals surface area contributed by atoms with Crippen molar-refractivity contribution in [3.8, 4) is 5.75 Å². The average Bonchev–Trinajstić information content (AvgIpc) is 3.43. The van der Waals surface area contributed by atoms with Crippen molar-refractivity contribution in [2.45, 2.75) is 50.2 Å². The lowest BCUT2D eigenvalue weighted by molar-refractivity contribution is -0.140. The number of allylic oxidation sites excluding steroid dienone is 1. The first-order valence-corrected chi connectivity index (χ1v) is 15.5. The summed E-state index contributed by atoms with van der Waals surface area (Å²) in [7, 11) is 2.52. The molecule has 1 aliphatic carbocycles. The van der Waals surface area contributed by atoms with Crippen molar-refractivity contribution in [2.24, 2.45) is 5.92 Å². The second-order valence-electron chi connectivity index (χ2n) is 11.0. The van der Waals surface area contributed by atoms with Crippen molar-refractivity contribution in [3.05, 3.63) is 69.2 Å². The lowest BCUT2D eigenvalue weighted by Gasteiger charge is -2.37. The third kappa shape index (κ3) is 8.64. The van der Waals surface area contributed by atoms with Gasteiger partial charge in [-0.2, -0.15) is 24.5 Å². The van der Waals surface area contributed by atoms with E-state index in [1.54, 1.807) is 20.8 Å². The molecule has 1 heterocycles. The first-order chi connectivity index (χ1) is 21.3. The van der Waals surface area contributed by atoms with Crippen LogP contribution in [-0.4, -0.2) is 66.5 Å². The van der Waals surface area contributed by atoms with Crippen molar-refractivity contribution >= 4 is 50.9 Å². The number of carbonyl (C=O) groups excluding carboxylic acids is 3. The van der Waals surface area contributed by atoms with E-state index in [1.165, 1.54) is 50.0 Å². The third-order valence-corrected chi connectivity index (χ3v) is 8.20. The first-order valence-electron chi connectivity index (χ1n) is 13.8. The Labute approximate surface area is 274 Å². The highest BCUT2D eigenvalue weighted by Crippen LogP contribution is 2.47. The number of methoxy groups -OCH3 is 1. The fraction of sp³-hybridized carbons (Fsp3) is 0.433. The third-order valence-electron chi connectivity index (χ3n) is 6.62. The summed E-state index contributed by atoms with van der Waals surface area (Å²) in [6.45, 7) is 5.19. The quantitative estimate of drug-likeness (QED) is 0.114. The molecule has 0 aliphatic heterocycles. The van der Waals surface area contributed by atoms with E-state index < -0.39 is 69.9 Å². The summed E-state index contributed by atoms with van der Waals surface area (Å²) in [4.78, 5) is 40.0. The maximum absolute atomic E-state index is 15.8. The predicted molar refractivity (Wildman–Crippen MR) is 165 cm³/mol. The van der Waals surface area contributed by atoms with Gasteiger partial charge in [0.05, 0.1) is 42.0 Å². The summed E-state index contributed by atoms with van der Waals surface area (Å²) in [6, 6.07) is 4.10. The number of esters is 1. The van der Waals surface area contributed by atoms with Gasteiger partial charge < -0.3 is 19.5 Å². The van der Waals surface area contributed by atoms with Gasteiger partial charge in [0.25, 0.3) is 5.91 Å². The van der Waals surface area contributed by atoms with Crippen LogP contribution in [0.3, 0.4) is 0 Å². The molecule has 46 heavy (non-hydrogen) atoms. The number of amides is 2. The van der Waals surface area contributed by atoms with Crippen LogP contribution < -0.4 is 15.4 Å². The number of ether oxygens (including phenoxy) is 3. The molecule has 0 fully saturated rings. The van der Waals surface area contributed by atoms with Crippen molar-refractivity contribution in [1.82, 2.24) is 10.2 Å². The topological polar surface area (TPSA) is 106 Å². The molecular formula is C30H33BrF5N3O6S. The van der Waals surface area contributed by atoms with Gasteiger partial charge in [0.15, 0.2) is 16.1 Å². The molecule has 3 unspecified atom stereocenters. The van der Waals surface area contributed by atoms with Gasteiger partial charge in [-0.1, -0.05) is 6.07 Å². The summed E-state index contributed by atoms with van der Waals surface area (Å²) >= 11 is 3.73. The van der Waals surface area contributed by atoms with Crippen LogP contribution in [0.5, 0.6) is 5.75 Å². The van der Waals surface area contributed by atoms with Crippen LogP contribution in [0.1, 0.15) is 49.8 Å². The summed E-state index contributed by atoms with van der Waals surface area (Å²) in [5.41, 5.74) is -3.53. The number of thiophene rings is 1. The molecule has 2 N–H and O–H groups in total. The van der Waals surface area contributed by atoms with E-state index in [4.69, 9.17) is 14.2 Å². The highest BCUT2D eigenvalue weighted by atomic mass is 79.9. The lowest BCUT2D eigenvalue weighted by Crippen LogP contribution is -2.48. The molecule has 0 radical (unpaired) electrons. The first kappa shape index (κ1) is 37.0. The van der Waals surface area contributed by atoms with Crippen molar-refractivity contribution in [2.75, 3.05) is 32.6 Å². The fourth-order valence-corrected chi connectivity index (χ4v) is 5.91. The molecular weight excluding hydrogens is 705 g/mol. The van der Waals surface area contributed by atoms with E-state index in [0.29, 0.717) is 6.08 Å². The largest absolute Gasteiger partial charge is 0.494 e. The van der Waals surface area contributed by atoms with Gasteiger partial charge in [-0.15, -0.1) is 0 Å². The van der Waals surface area contributed by atoms with E-state index in [9.17, 15) is 31.9 Å². The van der Waals surface area contributed by atoms with E-state index in [1.807, 2.05) is 0 Å². The predicted octanol–water partition coefficient (Wildman–Crippen LogP) is 7.27. The number of halogens is 6. The van der Waals surface area contributed by atoms with Gasteiger partial charge >= 0.3 is 18.2 Å². The number of hydrogen-bond acceptors (Lipinski definition) is 8. The molecule has 3 atom stereocenters. The number of nitrogens with one attached hydrogen (secondary N) is 2. The van der Waals surface area contributed by atoms with Gasteiger partial charge in [0, 0.05) is 24.5 Å². The Morgan fingerprint density at radius 2 is 1.85 bits per heavy atom. The summed E-state index contributed by atoms with van der Waals surface area (Å²) in [6.07, 6.45) is -5.99. The number of rotatable bonds is 10. The fourth-order valence-electron chi connectivity index (χ4n) is 4.54. The standard InChI is InChI=1S/C30H33BrF5N3O6S/c1-7-44-26(41)16-11-12-29(31,33)19(22(16)30(34,35)36)13-37-24(39(5)27(42)45-28(2,3)4)17-14-46-15-18(17)25(40)38-20-9-8-10-21(43-6)23(20)32/h8-12,14-15,19,24,37H,7,13H2,1-6H3,(H,38,40). The van der Waals surface area contributed by atoms with Crippen LogP contribution in [0.15, 0.2) is 52.3 Å². The van der Waals surface area contributed by atoms with Gasteiger partial charge in [-0.05, 0) is 73.3 Å². The molecule has 3 rings (SSSR count). The van der Waals surface area contributed by atoms with Crippen LogP contribution in [0.25, 0.3) is 0 Å². The maximum atomic E-state index is 15.8. The molecule has 9 nitrogen and oxygen atoms in total. The zero-order valence-corrected chi connectivity index (χ0v) is 28.1. The van der Waals surface area contributed by atoms with Crippen LogP contribution in [0.2, 0.25) is 0 Å². The Kier molecular flexibility index (Phi) is 11.7. The molecule has 0 saturated carbocycles. The molecule has 16 heteroatoms. The minimum absolute atomic E-state index is 0.0622. The number of alkyl halides is 5. The normalized spacial score (nSPS) is 19.0. The number of carbonyl (C=O) groups is 3. The molecule has 252 valence electrons. The zero-order valence-electron chi connectivity index (χ0n) is 25.7. The minimum atomic E-state index is -5.16. The van der Waals surface area contributed by atoms with E-state index in [-0.39, 0.29) is 29.2 Å². The van der Waals surface area contributed by atoms with Gasteiger partial charge in [-0.3, -0.25) is 15.0 Å². The molecule has 2 aromatic rings.